The van der Waals surface area contributed by atoms with Crippen molar-refractivity contribution in [1.29, 1.82) is 0 Å². The van der Waals surface area contributed by atoms with Crippen molar-refractivity contribution in [1.82, 2.24) is 0 Å². The molecule has 0 aliphatic rings. The van der Waals surface area contributed by atoms with Crippen LogP contribution in [0.25, 0.3) is 0 Å². The third kappa shape index (κ3) is 2.85. The summed E-state index contributed by atoms with van der Waals surface area (Å²) in [7, 11) is 2.14. The first-order valence-corrected chi connectivity index (χ1v) is 7.08. The van der Waals surface area contributed by atoms with E-state index in [4.69, 9.17) is 5.73 Å². The van der Waals surface area contributed by atoms with E-state index >= 15 is 0 Å². The Bertz CT molecular complexity index is 318. The summed E-state index contributed by atoms with van der Waals surface area (Å²) in [5.41, 5.74) is 9.37. The summed E-state index contributed by atoms with van der Waals surface area (Å²) in [4.78, 5) is 2.32. The van der Waals surface area contributed by atoms with Gasteiger partial charge in [-0.15, -0.1) is 0 Å². The first-order chi connectivity index (χ1) is 7.61. The van der Waals surface area contributed by atoms with E-state index in [0.29, 0.717) is 6.04 Å². The molecule has 1 rings (SSSR count). The summed E-state index contributed by atoms with van der Waals surface area (Å²) >= 11 is 1.89. The number of rotatable bonds is 5. The first kappa shape index (κ1) is 13.2. The van der Waals surface area contributed by atoms with E-state index in [-0.39, 0.29) is 0 Å². The van der Waals surface area contributed by atoms with Crippen LogP contribution >= 0.6 is 11.8 Å². The van der Waals surface area contributed by atoms with E-state index in [0.717, 1.165) is 17.9 Å². The van der Waals surface area contributed by atoms with Crippen LogP contribution in [0, 0.1) is 6.92 Å². The molecular formula is C13H22N2S. The minimum Gasteiger partial charge on any atom is -0.397 e. The van der Waals surface area contributed by atoms with Gasteiger partial charge in [-0.05, 0) is 31.2 Å². The molecule has 0 bridgehead atoms. The van der Waals surface area contributed by atoms with Crippen LogP contribution in [0.15, 0.2) is 18.2 Å². The van der Waals surface area contributed by atoms with Crippen LogP contribution in [-0.4, -0.2) is 25.1 Å². The molecular weight excluding hydrogens is 216 g/mol. The summed E-state index contributed by atoms with van der Waals surface area (Å²) in [5.74, 6) is 1.14. The molecule has 1 aromatic rings. The predicted octanol–water partition coefficient (Wildman–Crippen LogP) is 3.16. The molecule has 1 aromatic carbocycles. The molecule has 0 heterocycles. The van der Waals surface area contributed by atoms with Crippen molar-refractivity contribution in [3.05, 3.63) is 23.8 Å². The molecule has 0 aliphatic carbocycles. The monoisotopic (exact) mass is 238 g/mol. The molecule has 1 unspecified atom stereocenters. The number of hydrogen-bond acceptors (Lipinski definition) is 3. The van der Waals surface area contributed by atoms with Crippen LogP contribution in [0.2, 0.25) is 0 Å². The Kier molecular flexibility index (Phi) is 5.00. The highest BCUT2D eigenvalue weighted by Gasteiger charge is 2.16. The Morgan fingerprint density at radius 1 is 1.44 bits per heavy atom. The molecule has 0 fully saturated rings. The van der Waals surface area contributed by atoms with Gasteiger partial charge in [0.1, 0.15) is 0 Å². The largest absolute Gasteiger partial charge is 0.397 e. The molecule has 0 aromatic heterocycles. The van der Waals surface area contributed by atoms with Crippen LogP contribution in [0.1, 0.15) is 18.9 Å². The van der Waals surface area contributed by atoms with Crippen molar-refractivity contribution in [2.24, 2.45) is 0 Å². The number of hydrogen-bond donors (Lipinski definition) is 1. The minimum absolute atomic E-state index is 0.554. The lowest BCUT2D eigenvalue weighted by atomic mass is 10.1. The zero-order valence-corrected chi connectivity index (χ0v) is 11.5. The van der Waals surface area contributed by atoms with Crippen LogP contribution < -0.4 is 10.6 Å². The summed E-state index contributed by atoms with van der Waals surface area (Å²) in [6.07, 6.45) is 3.29. The Morgan fingerprint density at radius 2 is 2.12 bits per heavy atom. The van der Waals surface area contributed by atoms with Crippen LogP contribution in [-0.2, 0) is 0 Å². The molecule has 3 heteroatoms. The van der Waals surface area contributed by atoms with Gasteiger partial charge in [0.2, 0.25) is 0 Å². The van der Waals surface area contributed by atoms with E-state index in [1.807, 2.05) is 23.9 Å². The van der Waals surface area contributed by atoms with E-state index in [1.54, 1.807) is 0 Å². The number of nitrogens with two attached hydrogens (primary N) is 1. The molecule has 0 saturated heterocycles. The first-order valence-electron chi connectivity index (χ1n) is 5.68. The fraction of sp³-hybridized carbons (Fsp3) is 0.538. The Hall–Kier alpha value is -0.830. The lowest BCUT2D eigenvalue weighted by molar-refractivity contribution is 0.672. The Balaban J connectivity index is 2.98. The normalized spacial score (nSPS) is 12.5. The Morgan fingerprint density at radius 3 is 2.62 bits per heavy atom. The van der Waals surface area contributed by atoms with Gasteiger partial charge in [-0.2, -0.15) is 11.8 Å². The lowest BCUT2D eigenvalue weighted by Crippen LogP contribution is -2.34. The van der Waals surface area contributed by atoms with Gasteiger partial charge in [-0.25, -0.2) is 0 Å². The molecule has 0 radical (unpaired) electrons. The van der Waals surface area contributed by atoms with Crippen LogP contribution in [0.4, 0.5) is 11.4 Å². The van der Waals surface area contributed by atoms with Gasteiger partial charge >= 0.3 is 0 Å². The quantitative estimate of drug-likeness (QED) is 0.799. The van der Waals surface area contributed by atoms with Gasteiger partial charge in [-0.1, -0.05) is 19.1 Å². The zero-order chi connectivity index (χ0) is 12.1. The predicted molar refractivity (Wildman–Crippen MR) is 76.5 cm³/mol. The molecule has 0 aliphatic heterocycles. The van der Waals surface area contributed by atoms with Gasteiger partial charge in [0.05, 0.1) is 11.4 Å². The molecule has 2 N–H and O–H groups in total. The van der Waals surface area contributed by atoms with E-state index in [2.05, 4.69) is 38.1 Å². The number of nitrogens with zero attached hydrogens (tertiary/aromatic N) is 1. The fourth-order valence-corrected chi connectivity index (χ4v) is 2.89. The van der Waals surface area contributed by atoms with E-state index < -0.39 is 0 Å². The van der Waals surface area contributed by atoms with Crippen molar-refractivity contribution in [2.75, 3.05) is 29.7 Å². The third-order valence-corrected chi connectivity index (χ3v) is 3.72. The van der Waals surface area contributed by atoms with Crippen molar-refractivity contribution < 1.29 is 0 Å². The van der Waals surface area contributed by atoms with E-state index in [9.17, 15) is 0 Å². The van der Waals surface area contributed by atoms with Gasteiger partial charge in [0.25, 0.3) is 0 Å². The standard InChI is InChI=1S/C13H22N2S/c1-5-11(9-16-4)15(3)13-10(2)7-6-8-12(13)14/h6-8,11H,5,9,14H2,1-4H3. The second-order valence-electron chi connectivity index (χ2n) is 4.14. The molecule has 0 spiro atoms. The van der Waals surface area contributed by atoms with Crippen molar-refractivity contribution in [2.45, 2.75) is 26.3 Å². The average Bonchev–Trinajstić information content (AvgIpc) is 2.25. The number of benzene rings is 1. The summed E-state index contributed by atoms with van der Waals surface area (Å²) < 4.78 is 0. The maximum Gasteiger partial charge on any atom is 0.0629 e. The van der Waals surface area contributed by atoms with Crippen LogP contribution in [0.5, 0.6) is 0 Å². The maximum absolute atomic E-state index is 6.06. The molecule has 0 amide bonds. The summed E-state index contributed by atoms with van der Waals surface area (Å²) in [6, 6.07) is 6.66. The number of aryl methyl sites for hydroxylation is 1. The molecule has 16 heavy (non-hydrogen) atoms. The van der Waals surface area contributed by atoms with Crippen molar-refractivity contribution >= 4 is 23.1 Å². The molecule has 1 atom stereocenters. The second-order valence-corrected chi connectivity index (χ2v) is 5.05. The van der Waals surface area contributed by atoms with Crippen molar-refractivity contribution in [3.63, 3.8) is 0 Å². The third-order valence-electron chi connectivity index (χ3n) is 3.00. The molecule has 90 valence electrons. The second kappa shape index (κ2) is 6.04. The zero-order valence-electron chi connectivity index (χ0n) is 10.7. The number of nitrogen functional groups attached to an aromatic ring is 1. The van der Waals surface area contributed by atoms with Gasteiger partial charge in [0.15, 0.2) is 0 Å². The van der Waals surface area contributed by atoms with E-state index in [1.165, 1.54) is 11.3 Å². The topological polar surface area (TPSA) is 29.3 Å². The molecule has 0 saturated carbocycles. The maximum atomic E-state index is 6.06. The van der Waals surface area contributed by atoms with Gasteiger partial charge in [0, 0.05) is 18.8 Å². The highest BCUT2D eigenvalue weighted by Crippen LogP contribution is 2.29. The van der Waals surface area contributed by atoms with Crippen LogP contribution in [0.3, 0.4) is 0 Å². The SMILES string of the molecule is CCC(CSC)N(C)c1c(C)cccc1N. The highest BCUT2D eigenvalue weighted by molar-refractivity contribution is 7.98. The average molecular weight is 238 g/mol. The van der Waals surface area contributed by atoms with Gasteiger partial charge < -0.3 is 10.6 Å². The number of anilines is 2. The van der Waals surface area contributed by atoms with Gasteiger partial charge in [-0.3, -0.25) is 0 Å². The smallest absolute Gasteiger partial charge is 0.0629 e. The minimum atomic E-state index is 0.554. The van der Waals surface area contributed by atoms with Crippen molar-refractivity contribution in [3.8, 4) is 0 Å². The lowest BCUT2D eigenvalue weighted by Gasteiger charge is -2.31. The fourth-order valence-electron chi connectivity index (χ4n) is 2.04. The number of para-hydroxylation sites is 1. The number of thioether (sulfide) groups is 1. The summed E-state index contributed by atoms with van der Waals surface area (Å²) in [6.45, 7) is 4.35. The highest BCUT2D eigenvalue weighted by atomic mass is 32.2. The molecule has 2 nitrogen and oxygen atoms in total. The Labute approximate surface area is 103 Å². The summed E-state index contributed by atoms with van der Waals surface area (Å²) in [5, 5.41) is 0.